The van der Waals surface area contributed by atoms with E-state index in [0.29, 0.717) is 6.04 Å². The normalized spacial score (nSPS) is 22.4. The van der Waals surface area contributed by atoms with Gasteiger partial charge < -0.3 is 10.1 Å². The lowest BCUT2D eigenvalue weighted by atomic mass is 9.75. The van der Waals surface area contributed by atoms with Crippen molar-refractivity contribution in [2.75, 3.05) is 19.8 Å². The summed E-state index contributed by atoms with van der Waals surface area (Å²) >= 11 is 0. The van der Waals surface area contributed by atoms with Gasteiger partial charge >= 0.3 is 0 Å². The Morgan fingerprint density at radius 3 is 2.55 bits per heavy atom. The Labute approximate surface area is 122 Å². The summed E-state index contributed by atoms with van der Waals surface area (Å²) in [6.45, 7) is 5.12. The van der Waals surface area contributed by atoms with E-state index in [1.807, 2.05) is 0 Å². The van der Waals surface area contributed by atoms with Crippen LogP contribution in [-0.2, 0) is 4.74 Å². The Hall–Kier alpha value is -0.860. The Balaban J connectivity index is 1.85. The molecule has 1 N–H and O–H groups in total. The molecule has 3 rings (SSSR count). The Bertz CT molecular complexity index is 421. The van der Waals surface area contributed by atoms with Crippen LogP contribution < -0.4 is 5.32 Å². The largest absolute Gasteiger partial charge is 0.381 e. The van der Waals surface area contributed by atoms with Crippen LogP contribution in [0.5, 0.6) is 0 Å². The van der Waals surface area contributed by atoms with E-state index in [2.05, 4.69) is 36.5 Å². The van der Waals surface area contributed by atoms with Gasteiger partial charge in [0.2, 0.25) is 0 Å². The molecule has 1 aromatic carbocycles. The second kappa shape index (κ2) is 6.73. The number of hydrogen-bond donors (Lipinski definition) is 1. The van der Waals surface area contributed by atoms with Gasteiger partial charge in [0.1, 0.15) is 0 Å². The molecule has 1 aliphatic carbocycles. The van der Waals surface area contributed by atoms with Crippen LogP contribution in [0.15, 0.2) is 24.3 Å². The second-order valence-electron chi connectivity index (χ2n) is 6.24. The van der Waals surface area contributed by atoms with Gasteiger partial charge in [0, 0.05) is 19.3 Å². The quantitative estimate of drug-likeness (QED) is 0.874. The number of benzene rings is 1. The van der Waals surface area contributed by atoms with E-state index in [-0.39, 0.29) is 0 Å². The predicted octanol–water partition coefficient (Wildman–Crippen LogP) is 4.03. The van der Waals surface area contributed by atoms with Gasteiger partial charge in [0.05, 0.1) is 0 Å². The minimum absolute atomic E-state index is 0.515. The van der Waals surface area contributed by atoms with E-state index in [4.69, 9.17) is 4.74 Å². The first-order valence-corrected chi connectivity index (χ1v) is 8.30. The van der Waals surface area contributed by atoms with Crippen LogP contribution in [-0.4, -0.2) is 19.8 Å². The van der Waals surface area contributed by atoms with Crippen LogP contribution in [0.25, 0.3) is 0 Å². The fourth-order valence-corrected chi connectivity index (χ4v) is 3.68. The molecule has 1 aliphatic heterocycles. The molecular weight excluding hydrogens is 246 g/mol. The first-order valence-electron chi connectivity index (χ1n) is 8.30. The fraction of sp³-hybridized carbons (Fsp3) is 0.667. The number of hydrogen-bond acceptors (Lipinski definition) is 2. The van der Waals surface area contributed by atoms with Crippen molar-refractivity contribution < 1.29 is 4.74 Å². The Kier molecular flexibility index (Phi) is 4.74. The lowest BCUT2D eigenvalue weighted by molar-refractivity contribution is 0.0536. The van der Waals surface area contributed by atoms with E-state index in [0.717, 1.165) is 31.6 Å². The summed E-state index contributed by atoms with van der Waals surface area (Å²) in [7, 11) is 0. The lowest BCUT2D eigenvalue weighted by Crippen LogP contribution is -2.33. The highest BCUT2D eigenvalue weighted by Gasteiger charge is 2.29. The average molecular weight is 273 g/mol. The third-order valence-electron chi connectivity index (χ3n) is 5.04. The number of nitrogens with one attached hydrogen (secondary N) is 1. The molecule has 2 aliphatic rings. The predicted molar refractivity (Wildman–Crippen MR) is 83.0 cm³/mol. The maximum absolute atomic E-state index is 5.55. The van der Waals surface area contributed by atoms with E-state index in [1.165, 1.54) is 32.1 Å². The molecule has 1 atom stereocenters. The third kappa shape index (κ3) is 2.91. The molecule has 0 spiro atoms. The molecule has 20 heavy (non-hydrogen) atoms. The van der Waals surface area contributed by atoms with Crippen molar-refractivity contribution in [2.24, 2.45) is 5.92 Å². The van der Waals surface area contributed by atoms with Crippen molar-refractivity contribution in [1.29, 1.82) is 0 Å². The molecule has 0 bridgehead atoms. The van der Waals surface area contributed by atoms with Crippen molar-refractivity contribution in [3.8, 4) is 0 Å². The summed E-state index contributed by atoms with van der Waals surface area (Å²) in [5, 5.41) is 3.76. The maximum Gasteiger partial charge on any atom is 0.0469 e. The average Bonchev–Trinajstić information content (AvgIpc) is 2.45. The van der Waals surface area contributed by atoms with E-state index in [9.17, 15) is 0 Å². The third-order valence-corrected chi connectivity index (χ3v) is 5.04. The molecule has 1 aromatic rings. The highest BCUT2D eigenvalue weighted by Crippen LogP contribution is 2.41. The second-order valence-corrected chi connectivity index (χ2v) is 6.24. The monoisotopic (exact) mass is 273 g/mol. The summed E-state index contributed by atoms with van der Waals surface area (Å²) < 4.78 is 5.55. The minimum Gasteiger partial charge on any atom is -0.381 e. The molecular formula is C18H27NO. The van der Waals surface area contributed by atoms with Gasteiger partial charge in [0.15, 0.2) is 0 Å². The number of ether oxygens (including phenoxy) is 1. The Morgan fingerprint density at radius 2 is 1.90 bits per heavy atom. The van der Waals surface area contributed by atoms with Crippen molar-refractivity contribution in [2.45, 2.75) is 51.0 Å². The summed E-state index contributed by atoms with van der Waals surface area (Å²) in [5.74, 6) is 1.54. The van der Waals surface area contributed by atoms with Crippen molar-refractivity contribution >= 4 is 0 Å². The van der Waals surface area contributed by atoms with E-state index < -0.39 is 0 Å². The van der Waals surface area contributed by atoms with Crippen LogP contribution in [0.3, 0.4) is 0 Å². The van der Waals surface area contributed by atoms with E-state index >= 15 is 0 Å². The molecule has 110 valence electrons. The Morgan fingerprint density at radius 1 is 1.15 bits per heavy atom. The molecule has 1 heterocycles. The minimum atomic E-state index is 0.515. The smallest absolute Gasteiger partial charge is 0.0469 e. The SMILES string of the molecule is CCNC(c1ccccc1C1CCC1)C1CCOCC1. The zero-order valence-electron chi connectivity index (χ0n) is 12.6. The van der Waals surface area contributed by atoms with Crippen LogP contribution in [0.2, 0.25) is 0 Å². The van der Waals surface area contributed by atoms with Gasteiger partial charge in [-0.3, -0.25) is 0 Å². The summed E-state index contributed by atoms with van der Waals surface area (Å²) in [6.07, 6.45) is 6.54. The molecule has 0 amide bonds. The fourth-order valence-electron chi connectivity index (χ4n) is 3.68. The van der Waals surface area contributed by atoms with Crippen molar-refractivity contribution in [3.63, 3.8) is 0 Å². The van der Waals surface area contributed by atoms with Crippen molar-refractivity contribution in [3.05, 3.63) is 35.4 Å². The van der Waals surface area contributed by atoms with Crippen LogP contribution in [0.4, 0.5) is 0 Å². The molecule has 0 aromatic heterocycles. The molecule has 2 fully saturated rings. The topological polar surface area (TPSA) is 21.3 Å². The molecule has 1 saturated heterocycles. The molecule has 1 unspecified atom stereocenters. The van der Waals surface area contributed by atoms with Gasteiger partial charge in [-0.15, -0.1) is 0 Å². The first kappa shape index (κ1) is 14.1. The summed E-state index contributed by atoms with van der Waals surface area (Å²) in [4.78, 5) is 0. The zero-order valence-corrected chi connectivity index (χ0v) is 12.6. The van der Waals surface area contributed by atoms with Gasteiger partial charge in [-0.2, -0.15) is 0 Å². The highest BCUT2D eigenvalue weighted by atomic mass is 16.5. The molecule has 0 radical (unpaired) electrons. The van der Waals surface area contributed by atoms with Crippen molar-refractivity contribution in [1.82, 2.24) is 5.32 Å². The van der Waals surface area contributed by atoms with Crippen LogP contribution in [0, 0.1) is 5.92 Å². The van der Waals surface area contributed by atoms with E-state index in [1.54, 1.807) is 11.1 Å². The maximum atomic E-state index is 5.55. The van der Waals surface area contributed by atoms with Gasteiger partial charge in [-0.05, 0) is 55.2 Å². The summed E-state index contributed by atoms with van der Waals surface area (Å²) in [5.41, 5.74) is 3.17. The van der Waals surface area contributed by atoms with Crippen LogP contribution in [0.1, 0.15) is 62.1 Å². The van der Waals surface area contributed by atoms with Gasteiger partial charge in [-0.1, -0.05) is 37.6 Å². The molecule has 1 saturated carbocycles. The van der Waals surface area contributed by atoms with Crippen LogP contribution >= 0.6 is 0 Å². The standard InChI is InChI=1S/C18H27NO/c1-2-19-18(15-10-12-20-13-11-15)17-9-4-3-8-16(17)14-6-5-7-14/h3-4,8-9,14-15,18-19H,2,5-7,10-13H2,1H3. The molecule has 2 heteroatoms. The molecule has 2 nitrogen and oxygen atoms in total. The number of rotatable bonds is 5. The van der Waals surface area contributed by atoms with Gasteiger partial charge in [0.25, 0.3) is 0 Å². The zero-order chi connectivity index (χ0) is 13.8. The summed E-state index contributed by atoms with van der Waals surface area (Å²) in [6, 6.07) is 9.66. The highest BCUT2D eigenvalue weighted by molar-refractivity contribution is 5.34. The lowest BCUT2D eigenvalue weighted by Gasteiger charge is -2.35. The van der Waals surface area contributed by atoms with Gasteiger partial charge in [-0.25, -0.2) is 0 Å². The first-order chi connectivity index (χ1) is 9.90.